The molecule has 4 nitrogen and oxygen atoms in total. The van der Waals surface area contributed by atoms with Gasteiger partial charge in [0, 0.05) is 30.3 Å². The Bertz CT molecular complexity index is 591. The van der Waals surface area contributed by atoms with E-state index >= 15 is 0 Å². The Morgan fingerprint density at radius 2 is 2.10 bits per heavy atom. The Hall–Kier alpha value is -2.25. The van der Waals surface area contributed by atoms with E-state index in [-0.39, 0.29) is 6.61 Å². The van der Waals surface area contributed by atoms with Gasteiger partial charge in [-0.15, -0.1) is 0 Å². The molecule has 1 aromatic heterocycles. The Balaban J connectivity index is 1.89. The van der Waals surface area contributed by atoms with Gasteiger partial charge in [-0.1, -0.05) is 11.8 Å². The quantitative estimate of drug-likeness (QED) is 0.847. The molecule has 0 amide bonds. The maximum absolute atomic E-state index is 8.66. The van der Waals surface area contributed by atoms with Gasteiger partial charge in [-0.2, -0.15) is 5.10 Å². The van der Waals surface area contributed by atoms with Crippen LogP contribution in [-0.4, -0.2) is 21.5 Å². The Morgan fingerprint density at radius 3 is 2.75 bits per heavy atom. The molecule has 20 heavy (non-hydrogen) atoms. The molecule has 0 bridgehead atoms. The number of aryl methyl sites for hydroxylation is 1. The molecule has 1 aromatic carbocycles. The van der Waals surface area contributed by atoms with E-state index in [4.69, 9.17) is 9.84 Å². The highest BCUT2D eigenvalue weighted by Gasteiger charge is 1.99. The van der Waals surface area contributed by atoms with Gasteiger partial charge < -0.3 is 9.84 Å². The zero-order chi connectivity index (χ0) is 14.2. The Morgan fingerprint density at radius 1 is 1.30 bits per heavy atom. The highest BCUT2D eigenvalue weighted by molar-refractivity contribution is 5.38. The van der Waals surface area contributed by atoms with Crippen LogP contribution in [0.25, 0.3) is 0 Å². The number of benzene rings is 1. The third-order valence-electron chi connectivity index (χ3n) is 2.74. The number of aliphatic hydroxyl groups is 1. The largest absolute Gasteiger partial charge is 0.489 e. The minimum Gasteiger partial charge on any atom is -0.489 e. The number of hydrogen-bond donors (Lipinski definition) is 1. The summed E-state index contributed by atoms with van der Waals surface area (Å²) in [6.07, 6.45) is 4.30. The SMILES string of the molecule is CCn1cc(COc2ccc(C#CCCO)cc2)cn1. The molecule has 0 radical (unpaired) electrons. The first-order valence-corrected chi connectivity index (χ1v) is 6.65. The van der Waals surface area contributed by atoms with Crippen molar-refractivity contribution in [3.05, 3.63) is 47.8 Å². The number of hydrogen-bond acceptors (Lipinski definition) is 3. The molecule has 0 fully saturated rings. The second kappa shape index (κ2) is 7.37. The summed E-state index contributed by atoms with van der Waals surface area (Å²) in [5.74, 6) is 6.67. The summed E-state index contributed by atoms with van der Waals surface area (Å²) in [4.78, 5) is 0. The van der Waals surface area contributed by atoms with Gasteiger partial charge in [-0.3, -0.25) is 4.68 Å². The lowest BCUT2D eigenvalue weighted by Crippen LogP contribution is -1.95. The molecule has 2 rings (SSSR count). The lowest BCUT2D eigenvalue weighted by Gasteiger charge is -2.04. The number of rotatable bonds is 5. The average molecular weight is 270 g/mol. The summed E-state index contributed by atoms with van der Waals surface area (Å²) < 4.78 is 7.56. The summed E-state index contributed by atoms with van der Waals surface area (Å²) in [6, 6.07) is 7.62. The molecule has 1 heterocycles. The molecule has 0 saturated heterocycles. The molecule has 0 saturated carbocycles. The molecule has 0 atom stereocenters. The van der Waals surface area contributed by atoms with E-state index in [1.165, 1.54) is 0 Å². The van der Waals surface area contributed by atoms with Gasteiger partial charge in [0.1, 0.15) is 12.4 Å². The predicted octanol–water partition coefficient (Wildman–Crippen LogP) is 2.22. The molecule has 0 aliphatic heterocycles. The normalized spacial score (nSPS) is 9.90. The lowest BCUT2D eigenvalue weighted by molar-refractivity contribution is 0.305. The number of nitrogens with zero attached hydrogens (tertiary/aromatic N) is 2. The molecule has 1 N–H and O–H groups in total. The summed E-state index contributed by atoms with van der Waals surface area (Å²) in [7, 11) is 0. The molecule has 2 aromatic rings. The van der Waals surface area contributed by atoms with Crippen molar-refractivity contribution in [1.82, 2.24) is 9.78 Å². The predicted molar refractivity (Wildman–Crippen MR) is 77.3 cm³/mol. The summed E-state index contributed by atoms with van der Waals surface area (Å²) in [5.41, 5.74) is 1.98. The summed E-state index contributed by atoms with van der Waals surface area (Å²) in [5, 5.41) is 12.9. The van der Waals surface area contributed by atoms with Crippen LogP contribution in [-0.2, 0) is 13.2 Å². The van der Waals surface area contributed by atoms with Gasteiger partial charge >= 0.3 is 0 Å². The second-order valence-electron chi connectivity index (χ2n) is 4.29. The topological polar surface area (TPSA) is 47.3 Å². The smallest absolute Gasteiger partial charge is 0.119 e. The van der Waals surface area contributed by atoms with Gasteiger partial charge in [0.15, 0.2) is 0 Å². The zero-order valence-electron chi connectivity index (χ0n) is 11.5. The van der Waals surface area contributed by atoms with Crippen LogP contribution in [0.3, 0.4) is 0 Å². The molecular weight excluding hydrogens is 252 g/mol. The maximum Gasteiger partial charge on any atom is 0.119 e. The van der Waals surface area contributed by atoms with E-state index < -0.39 is 0 Å². The standard InChI is InChI=1S/C16H18N2O2/c1-2-18-12-15(11-17-18)13-20-16-8-6-14(7-9-16)5-3-4-10-19/h6-9,11-12,19H,2,4,10,13H2,1H3. The lowest BCUT2D eigenvalue weighted by atomic mass is 10.2. The van der Waals surface area contributed by atoms with Crippen molar-refractivity contribution in [3.8, 4) is 17.6 Å². The van der Waals surface area contributed by atoms with Crippen molar-refractivity contribution in [3.63, 3.8) is 0 Å². The van der Waals surface area contributed by atoms with Crippen LogP contribution in [0.1, 0.15) is 24.5 Å². The molecule has 4 heteroatoms. The van der Waals surface area contributed by atoms with E-state index in [9.17, 15) is 0 Å². The van der Waals surface area contributed by atoms with Gasteiger partial charge in [0.25, 0.3) is 0 Å². The van der Waals surface area contributed by atoms with E-state index in [2.05, 4.69) is 16.9 Å². The van der Waals surface area contributed by atoms with Gasteiger partial charge in [0.05, 0.1) is 12.8 Å². The van der Waals surface area contributed by atoms with Gasteiger partial charge in [-0.05, 0) is 31.2 Å². The van der Waals surface area contributed by atoms with Crippen LogP contribution in [0.5, 0.6) is 5.75 Å². The van der Waals surface area contributed by atoms with E-state index in [0.29, 0.717) is 13.0 Å². The highest BCUT2D eigenvalue weighted by Crippen LogP contribution is 2.13. The molecule has 0 aliphatic carbocycles. The first kappa shape index (κ1) is 14.2. The number of ether oxygens (including phenoxy) is 1. The van der Waals surface area contributed by atoms with Crippen molar-refractivity contribution >= 4 is 0 Å². The average Bonchev–Trinajstić information content (AvgIpc) is 2.95. The van der Waals surface area contributed by atoms with Crippen molar-refractivity contribution in [2.45, 2.75) is 26.5 Å². The Kier molecular flexibility index (Phi) is 5.22. The van der Waals surface area contributed by atoms with Crippen molar-refractivity contribution in [1.29, 1.82) is 0 Å². The summed E-state index contributed by atoms with van der Waals surface area (Å²) >= 11 is 0. The minimum absolute atomic E-state index is 0.0969. The van der Waals surface area contributed by atoms with Crippen LogP contribution in [0, 0.1) is 11.8 Å². The fraction of sp³-hybridized carbons (Fsp3) is 0.312. The Labute approximate surface area is 119 Å². The van der Waals surface area contributed by atoms with Crippen LogP contribution >= 0.6 is 0 Å². The summed E-state index contributed by atoms with van der Waals surface area (Å²) in [6.45, 7) is 3.52. The molecule has 0 aliphatic rings. The number of aliphatic hydroxyl groups excluding tert-OH is 1. The highest BCUT2D eigenvalue weighted by atomic mass is 16.5. The fourth-order valence-corrected chi connectivity index (χ4v) is 1.68. The number of aromatic nitrogens is 2. The maximum atomic E-state index is 8.66. The first-order valence-electron chi connectivity index (χ1n) is 6.65. The third-order valence-corrected chi connectivity index (χ3v) is 2.74. The van der Waals surface area contributed by atoms with Crippen LogP contribution < -0.4 is 4.74 Å². The molecule has 0 spiro atoms. The van der Waals surface area contributed by atoms with Gasteiger partial charge in [-0.25, -0.2) is 0 Å². The zero-order valence-corrected chi connectivity index (χ0v) is 11.5. The molecular formula is C16H18N2O2. The van der Waals surface area contributed by atoms with Crippen molar-refractivity contribution in [2.75, 3.05) is 6.61 Å². The van der Waals surface area contributed by atoms with Crippen LogP contribution in [0.4, 0.5) is 0 Å². The molecule has 104 valence electrons. The molecule has 0 unspecified atom stereocenters. The minimum atomic E-state index is 0.0969. The van der Waals surface area contributed by atoms with E-state index in [1.54, 1.807) is 0 Å². The van der Waals surface area contributed by atoms with E-state index in [1.807, 2.05) is 48.3 Å². The monoisotopic (exact) mass is 270 g/mol. The van der Waals surface area contributed by atoms with Crippen molar-refractivity contribution < 1.29 is 9.84 Å². The van der Waals surface area contributed by atoms with Crippen LogP contribution in [0.15, 0.2) is 36.7 Å². The third kappa shape index (κ3) is 4.15. The fourth-order valence-electron chi connectivity index (χ4n) is 1.68. The second-order valence-corrected chi connectivity index (χ2v) is 4.29. The van der Waals surface area contributed by atoms with E-state index in [0.717, 1.165) is 23.4 Å². The van der Waals surface area contributed by atoms with Gasteiger partial charge in [0.2, 0.25) is 0 Å². The van der Waals surface area contributed by atoms with Crippen molar-refractivity contribution in [2.24, 2.45) is 0 Å². The first-order chi connectivity index (χ1) is 9.81. The van der Waals surface area contributed by atoms with Crippen LogP contribution in [0.2, 0.25) is 0 Å².